The molecule has 0 bridgehead atoms. The standard InChI is InChI=1S/C26H37FN6O3/c27-20-8-6-19(7-9-20)18-32-25(35)21-4-1-2-5-22(21)33-23(29-30-26(32)33)10-11-24(34)28-12-3-13-31-14-16-36-17-15-31/h6-9,21-22,26,30H,1-5,10-18H2,(H,28,34). The molecule has 1 saturated carbocycles. The first-order valence-electron chi connectivity index (χ1n) is 13.3. The first kappa shape index (κ1) is 25.0. The lowest BCUT2D eigenvalue weighted by Crippen LogP contribution is -2.67. The number of amides is 2. The summed E-state index contributed by atoms with van der Waals surface area (Å²) in [6, 6.07) is 6.40. The van der Waals surface area contributed by atoms with E-state index in [-0.39, 0.29) is 35.9 Å². The molecule has 3 unspecified atom stereocenters. The minimum atomic E-state index is -0.367. The zero-order chi connectivity index (χ0) is 24.9. The van der Waals surface area contributed by atoms with Crippen LogP contribution in [0.25, 0.3) is 0 Å². The molecule has 3 heterocycles. The van der Waals surface area contributed by atoms with Gasteiger partial charge in [0.05, 0.1) is 19.1 Å². The quantitative estimate of drug-likeness (QED) is 0.503. The largest absolute Gasteiger partial charge is 0.379 e. The van der Waals surface area contributed by atoms with Crippen molar-refractivity contribution in [3.8, 4) is 0 Å². The van der Waals surface area contributed by atoms with Crippen molar-refractivity contribution in [2.75, 3.05) is 39.4 Å². The van der Waals surface area contributed by atoms with Crippen LogP contribution in [0.15, 0.2) is 29.4 Å². The van der Waals surface area contributed by atoms with E-state index in [0.29, 0.717) is 25.9 Å². The summed E-state index contributed by atoms with van der Waals surface area (Å²) in [5.41, 5.74) is 4.04. The Labute approximate surface area is 212 Å². The maximum atomic E-state index is 13.5. The third-order valence-corrected chi connectivity index (χ3v) is 7.77. The van der Waals surface area contributed by atoms with Crippen LogP contribution < -0.4 is 10.7 Å². The number of rotatable bonds is 9. The minimum Gasteiger partial charge on any atom is -0.379 e. The SMILES string of the molecule is O=C(CCC1=NNC2N(Cc3ccc(F)cc3)C(=O)C3CCCCC3N12)NCCCN1CCOCC1. The van der Waals surface area contributed by atoms with Crippen molar-refractivity contribution in [1.29, 1.82) is 0 Å². The fourth-order valence-electron chi connectivity index (χ4n) is 5.86. The molecule has 3 aliphatic heterocycles. The van der Waals surface area contributed by atoms with E-state index in [4.69, 9.17) is 4.74 Å². The average molecular weight is 501 g/mol. The summed E-state index contributed by atoms with van der Waals surface area (Å²) < 4.78 is 18.8. The van der Waals surface area contributed by atoms with Crippen LogP contribution in [0.5, 0.6) is 0 Å². The van der Waals surface area contributed by atoms with Gasteiger partial charge in [-0.1, -0.05) is 25.0 Å². The van der Waals surface area contributed by atoms with Gasteiger partial charge in [0.25, 0.3) is 0 Å². The molecule has 0 aromatic heterocycles. The highest BCUT2D eigenvalue weighted by molar-refractivity contribution is 5.91. The molecule has 2 saturated heterocycles. The Bertz CT molecular complexity index is 952. The van der Waals surface area contributed by atoms with Gasteiger partial charge in [0.2, 0.25) is 11.8 Å². The van der Waals surface area contributed by atoms with E-state index in [1.807, 2.05) is 4.90 Å². The third-order valence-electron chi connectivity index (χ3n) is 7.77. The predicted molar refractivity (Wildman–Crippen MR) is 133 cm³/mol. The Morgan fingerprint density at radius 1 is 1.17 bits per heavy atom. The van der Waals surface area contributed by atoms with Gasteiger partial charge in [-0.15, -0.1) is 0 Å². The van der Waals surface area contributed by atoms with Crippen LogP contribution in [0, 0.1) is 11.7 Å². The number of ether oxygens (including phenoxy) is 1. The van der Waals surface area contributed by atoms with Crippen LogP contribution in [-0.2, 0) is 20.9 Å². The second-order valence-corrected chi connectivity index (χ2v) is 10.1. The summed E-state index contributed by atoms with van der Waals surface area (Å²) in [4.78, 5) is 32.4. The maximum absolute atomic E-state index is 13.5. The molecule has 1 aromatic carbocycles. The van der Waals surface area contributed by atoms with Gasteiger partial charge < -0.3 is 15.0 Å². The van der Waals surface area contributed by atoms with Gasteiger partial charge in [0.1, 0.15) is 11.7 Å². The van der Waals surface area contributed by atoms with Crippen LogP contribution in [-0.4, -0.2) is 84.1 Å². The molecule has 3 fully saturated rings. The van der Waals surface area contributed by atoms with Crippen LogP contribution in [0.2, 0.25) is 0 Å². The van der Waals surface area contributed by atoms with E-state index < -0.39 is 0 Å². The lowest BCUT2D eigenvalue weighted by atomic mass is 9.80. The number of carbonyl (C=O) groups is 2. The Morgan fingerprint density at radius 2 is 1.94 bits per heavy atom. The monoisotopic (exact) mass is 500 g/mol. The highest BCUT2D eigenvalue weighted by Gasteiger charge is 2.50. The Hall–Kier alpha value is -2.72. The Kier molecular flexibility index (Phi) is 8.01. The normalized spacial score (nSPS) is 26.2. The van der Waals surface area contributed by atoms with Gasteiger partial charge in [-0.25, -0.2) is 4.39 Å². The zero-order valence-corrected chi connectivity index (χ0v) is 20.8. The summed E-state index contributed by atoms with van der Waals surface area (Å²) in [7, 11) is 0. The lowest BCUT2D eigenvalue weighted by Gasteiger charge is -2.50. The van der Waals surface area contributed by atoms with Crippen LogP contribution in [0.3, 0.4) is 0 Å². The second kappa shape index (κ2) is 11.6. The Balaban J connectivity index is 1.16. The van der Waals surface area contributed by atoms with Gasteiger partial charge in [-0.2, -0.15) is 5.10 Å². The number of morpholine rings is 1. The lowest BCUT2D eigenvalue weighted by molar-refractivity contribution is -0.156. The van der Waals surface area contributed by atoms with Gasteiger partial charge in [-0.05, 0) is 43.5 Å². The number of halogens is 1. The van der Waals surface area contributed by atoms with Crippen molar-refractivity contribution in [1.82, 2.24) is 25.4 Å². The molecule has 0 radical (unpaired) electrons. The van der Waals surface area contributed by atoms with Gasteiger partial charge in [0, 0.05) is 45.1 Å². The van der Waals surface area contributed by atoms with Crippen molar-refractivity contribution in [3.63, 3.8) is 0 Å². The number of hydrogen-bond donors (Lipinski definition) is 2. The fourth-order valence-corrected chi connectivity index (χ4v) is 5.86. The summed E-state index contributed by atoms with van der Waals surface area (Å²) in [5, 5.41) is 7.62. The number of nitrogens with zero attached hydrogens (tertiary/aromatic N) is 4. The van der Waals surface area contributed by atoms with E-state index >= 15 is 0 Å². The van der Waals surface area contributed by atoms with E-state index in [1.54, 1.807) is 12.1 Å². The zero-order valence-electron chi connectivity index (χ0n) is 20.8. The third kappa shape index (κ3) is 5.64. The van der Waals surface area contributed by atoms with Crippen LogP contribution in [0.4, 0.5) is 4.39 Å². The van der Waals surface area contributed by atoms with E-state index in [9.17, 15) is 14.0 Å². The minimum absolute atomic E-state index is 0.0274. The van der Waals surface area contributed by atoms with Crippen molar-refractivity contribution in [2.45, 2.75) is 63.8 Å². The van der Waals surface area contributed by atoms with Gasteiger partial charge >= 0.3 is 0 Å². The number of fused-ring (bicyclic) bond motifs is 3. The smallest absolute Gasteiger partial charge is 0.231 e. The molecule has 36 heavy (non-hydrogen) atoms. The Morgan fingerprint density at radius 3 is 2.75 bits per heavy atom. The molecule has 4 aliphatic rings. The highest BCUT2D eigenvalue weighted by atomic mass is 19.1. The van der Waals surface area contributed by atoms with Crippen molar-refractivity contribution >= 4 is 17.6 Å². The molecule has 1 aliphatic carbocycles. The van der Waals surface area contributed by atoms with Crippen molar-refractivity contribution in [3.05, 3.63) is 35.6 Å². The summed E-state index contributed by atoms with van der Waals surface area (Å²) >= 11 is 0. The molecule has 10 heteroatoms. The molecular weight excluding hydrogens is 463 g/mol. The second-order valence-electron chi connectivity index (χ2n) is 10.1. The summed E-state index contributed by atoms with van der Waals surface area (Å²) in [5.74, 6) is 0.639. The first-order chi connectivity index (χ1) is 17.6. The van der Waals surface area contributed by atoms with Gasteiger partial charge in [-0.3, -0.25) is 24.8 Å². The van der Waals surface area contributed by atoms with Gasteiger partial charge in [0.15, 0.2) is 6.29 Å². The number of amidine groups is 1. The predicted octanol–water partition coefficient (Wildman–Crippen LogP) is 1.85. The molecule has 2 amide bonds. The van der Waals surface area contributed by atoms with Crippen molar-refractivity contribution in [2.24, 2.45) is 11.0 Å². The average Bonchev–Trinajstić information content (AvgIpc) is 3.33. The fraction of sp³-hybridized carbons (Fsp3) is 0.654. The maximum Gasteiger partial charge on any atom is 0.231 e. The highest BCUT2D eigenvalue weighted by Crippen LogP contribution is 2.38. The van der Waals surface area contributed by atoms with Crippen LogP contribution in [0.1, 0.15) is 50.5 Å². The first-order valence-corrected chi connectivity index (χ1v) is 13.3. The number of nitrogens with one attached hydrogen (secondary N) is 2. The van der Waals surface area contributed by atoms with Crippen LogP contribution >= 0.6 is 0 Å². The molecule has 0 spiro atoms. The number of hydrogen-bond acceptors (Lipinski definition) is 7. The van der Waals surface area contributed by atoms with E-state index in [2.05, 4.69) is 25.6 Å². The van der Waals surface area contributed by atoms with E-state index in [1.165, 1.54) is 12.1 Å². The molecule has 9 nitrogen and oxygen atoms in total. The number of hydrazone groups is 1. The number of carbonyl (C=O) groups excluding carboxylic acids is 2. The number of benzene rings is 1. The molecule has 3 atom stereocenters. The topological polar surface area (TPSA) is 89.5 Å². The van der Waals surface area contributed by atoms with E-state index in [0.717, 1.165) is 76.4 Å². The molecule has 196 valence electrons. The molecule has 1 aromatic rings. The summed E-state index contributed by atoms with van der Waals surface area (Å²) in [6.07, 6.45) is 5.40. The molecule has 5 rings (SSSR count). The van der Waals surface area contributed by atoms with Crippen molar-refractivity contribution < 1.29 is 18.7 Å². The molecule has 2 N–H and O–H groups in total. The summed E-state index contributed by atoms with van der Waals surface area (Å²) in [6.45, 7) is 5.52. The molecular formula is C26H37FN6O3.